The van der Waals surface area contributed by atoms with Crippen molar-refractivity contribution in [1.82, 2.24) is 4.90 Å². The van der Waals surface area contributed by atoms with Gasteiger partial charge in [-0.15, -0.1) is 0 Å². The Labute approximate surface area is 124 Å². The average molecular weight is 294 g/mol. The van der Waals surface area contributed by atoms with Gasteiger partial charge in [0, 0.05) is 18.7 Å². The van der Waals surface area contributed by atoms with Crippen LogP contribution in [0.1, 0.15) is 31.1 Å². The van der Waals surface area contributed by atoms with E-state index in [1.807, 2.05) is 20.8 Å². The Kier molecular flexibility index (Phi) is 6.52. The van der Waals surface area contributed by atoms with Gasteiger partial charge in [-0.2, -0.15) is 0 Å². The van der Waals surface area contributed by atoms with Crippen LogP contribution in [0.15, 0.2) is 12.1 Å². The highest BCUT2D eigenvalue weighted by Crippen LogP contribution is 2.34. The smallest absolute Gasteiger partial charge is 0.260 e. The van der Waals surface area contributed by atoms with Crippen LogP contribution in [-0.2, 0) is 4.79 Å². The number of anilines is 1. The van der Waals surface area contributed by atoms with Gasteiger partial charge >= 0.3 is 0 Å². The molecule has 0 heterocycles. The number of amides is 1. The maximum absolute atomic E-state index is 11.9. The van der Waals surface area contributed by atoms with E-state index in [2.05, 4.69) is 0 Å². The van der Waals surface area contributed by atoms with Crippen LogP contribution in [0.4, 0.5) is 5.69 Å². The normalized spacial score (nSPS) is 10.0. The van der Waals surface area contributed by atoms with Crippen molar-refractivity contribution in [2.75, 3.05) is 32.0 Å². The van der Waals surface area contributed by atoms with Crippen molar-refractivity contribution in [2.24, 2.45) is 0 Å². The van der Waals surface area contributed by atoms with Crippen molar-refractivity contribution in [3.05, 3.63) is 17.7 Å². The van der Waals surface area contributed by atoms with Crippen LogP contribution in [0.25, 0.3) is 0 Å². The van der Waals surface area contributed by atoms with Crippen molar-refractivity contribution in [3.63, 3.8) is 0 Å². The Bertz CT molecular complexity index is 499. The summed E-state index contributed by atoms with van der Waals surface area (Å²) in [5.41, 5.74) is 6.54. The van der Waals surface area contributed by atoms with Gasteiger partial charge in [0.15, 0.2) is 18.1 Å². The number of likely N-dealkylation sites (N-methyl/N-ethyl adjacent to an activating group) is 1. The zero-order valence-corrected chi connectivity index (χ0v) is 12.7. The van der Waals surface area contributed by atoms with Gasteiger partial charge in [-0.3, -0.25) is 9.59 Å². The molecule has 6 nitrogen and oxygen atoms in total. The average Bonchev–Trinajstić information content (AvgIpc) is 2.47. The molecule has 0 aliphatic carbocycles. The summed E-state index contributed by atoms with van der Waals surface area (Å²) in [6.07, 6.45) is 0.684. The number of rotatable bonds is 8. The third kappa shape index (κ3) is 4.37. The first-order chi connectivity index (χ1) is 10.1. The maximum Gasteiger partial charge on any atom is 0.260 e. The van der Waals surface area contributed by atoms with E-state index in [4.69, 9.17) is 15.2 Å². The fraction of sp³-hybridized carbons (Fsp3) is 0.467. The van der Waals surface area contributed by atoms with Gasteiger partial charge in [0.25, 0.3) is 5.91 Å². The molecule has 1 amide bonds. The predicted molar refractivity (Wildman–Crippen MR) is 80.8 cm³/mol. The quantitative estimate of drug-likeness (QED) is 0.583. The van der Waals surface area contributed by atoms with E-state index < -0.39 is 0 Å². The van der Waals surface area contributed by atoms with Crippen LogP contribution in [-0.4, -0.2) is 43.4 Å². The second-order valence-corrected chi connectivity index (χ2v) is 4.34. The number of benzene rings is 1. The minimum absolute atomic E-state index is 0.119. The van der Waals surface area contributed by atoms with Gasteiger partial charge in [-0.1, -0.05) is 0 Å². The summed E-state index contributed by atoms with van der Waals surface area (Å²) in [5.74, 6) is 0.538. The third-order valence-electron chi connectivity index (χ3n) is 3.00. The Balaban J connectivity index is 2.91. The lowest BCUT2D eigenvalue weighted by Crippen LogP contribution is -2.34. The Morgan fingerprint density at radius 1 is 1.24 bits per heavy atom. The van der Waals surface area contributed by atoms with E-state index in [-0.39, 0.29) is 18.2 Å². The summed E-state index contributed by atoms with van der Waals surface area (Å²) in [5, 5.41) is 0. The minimum Gasteiger partial charge on any atom is -0.490 e. The monoisotopic (exact) mass is 294 g/mol. The van der Waals surface area contributed by atoms with Gasteiger partial charge in [0.05, 0.1) is 12.3 Å². The molecule has 0 unspecified atom stereocenters. The van der Waals surface area contributed by atoms with Crippen LogP contribution >= 0.6 is 0 Å². The molecule has 116 valence electrons. The fourth-order valence-electron chi connectivity index (χ4n) is 1.93. The van der Waals surface area contributed by atoms with E-state index in [9.17, 15) is 9.59 Å². The molecule has 21 heavy (non-hydrogen) atoms. The van der Waals surface area contributed by atoms with Crippen LogP contribution < -0.4 is 15.2 Å². The minimum atomic E-state index is -0.124. The van der Waals surface area contributed by atoms with E-state index >= 15 is 0 Å². The van der Waals surface area contributed by atoms with Crippen LogP contribution in [0, 0.1) is 0 Å². The molecular weight excluding hydrogens is 272 g/mol. The zero-order chi connectivity index (χ0) is 15.8. The van der Waals surface area contributed by atoms with Gasteiger partial charge < -0.3 is 20.1 Å². The van der Waals surface area contributed by atoms with Crippen molar-refractivity contribution in [1.29, 1.82) is 0 Å². The number of nitrogen functional groups attached to an aromatic ring is 1. The highest BCUT2D eigenvalue weighted by Gasteiger charge is 2.15. The molecule has 0 bridgehead atoms. The zero-order valence-electron chi connectivity index (χ0n) is 12.7. The van der Waals surface area contributed by atoms with Gasteiger partial charge in [0.2, 0.25) is 0 Å². The lowest BCUT2D eigenvalue weighted by Gasteiger charge is -2.20. The lowest BCUT2D eigenvalue weighted by molar-refractivity contribution is -0.132. The number of hydrogen-bond acceptors (Lipinski definition) is 5. The first kappa shape index (κ1) is 16.8. The standard InChI is InChI=1S/C15H22N2O4/c1-4-17(5-2)14(19)10-21-15-12(16)7-11(9-18)8-13(15)20-6-3/h7-9H,4-6,10,16H2,1-3H3. The topological polar surface area (TPSA) is 81.9 Å². The predicted octanol–water partition coefficient (Wildman–Crippen LogP) is 1.73. The molecule has 0 aliphatic rings. The second kappa shape index (κ2) is 8.14. The molecule has 1 aromatic carbocycles. The van der Waals surface area contributed by atoms with Crippen molar-refractivity contribution < 1.29 is 19.1 Å². The molecule has 0 saturated heterocycles. The first-order valence-electron chi connectivity index (χ1n) is 6.99. The molecule has 1 rings (SSSR count). The van der Waals surface area contributed by atoms with Crippen molar-refractivity contribution in [3.8, 4) is 11.5 Å². The molecule has 0 spiro atoms. The molecule has 0 fully saturated rings. The molecule has 0 atom stereocenters. The highest BCUT2D eigenvalue weighted by atomic mass is 16.5. The Morgan fingerprint density at radius 3 is 2.43 bits per heavy atom. The molecule has 0 radical (unpaired) electrons. The summed E-state index contributed by atoms with van der Waals surface area (Å²) < 4.78 is 10.9. The third-order valence-corrected chi connectivity index (χ3v) is 3.00. The van der Waals surface area contributed by atoms with Gasteiger partial charge in [-0.05, 0) is 32.9 Å². The molecule has 0 aromatic heterocycles. The molecule has 1 aromatic rings. The van der Waals surface area contributed by atoms with E-state index in [0.29, 0.717) is 43.0 Å². The summed E-state index contributed by atoms with van der Waals surface area (Å²) in [6.45, 7) is 7.15. The SMILES string of the molecule is CCOc1cc(C=O)cc(N)c1OCC(=O)N(CC)CC. The number of nitrogens with two attached hydrogens (primary N) is 1. The number of carbonyl (C=O) groups excluding carboxylic acids is 2. The maximum atomic E-state index is 11.9. The molecular formula is C15H22N2O4. The van der Waals surface area contributed by atoms with Crippen LogP contribution in [0.5, 0.6) is 11.5 Å². The number of ether oxygens (including phenoxy) is 2. The molecule has 2 N–H and O–H groups in total. The van der Waals surface area contributed by atoms with Crippen LogP contribution in [0.3, 0.4) is 0 Å². The van der Waals surface area contributed by atoms with Gasteiger partial charge in [0.1, 0.15) is 6.29 Å². The summed E-state index contributed by atoms with van der Waals surface area (Å²) >= 11 is 0. The summed E-state index contributed by atoms with van der Waals surface area (Å²) in [4.78, 5) is 24.5. The van der Waals surface area contributed by atoms with Gasteiger partial charge in [-0.25, -0.2) is 0 Å². The summed E-state index contributed by atoms with van der Waals surface area (Å²) in [6, 6.07) is 3.04. The number of carbonyl (C=O) groups is 2. The van der Waals surface area contributed by atoms with Crippen LogP contribution in [0.2, 0.25) is 0 Å². The molecule has 0 aliphatic heterocycles. The number of hydrogen-bond donors (Lipinski definition) is 1. The lowest BCUT2D eigenvalue weighted by atomic mass is 10.2. The second-order valence-electron chi connectivity index (χ2n) is 4.34. The highest BCUT2D eigenvalue weighted by molar-refractivity contribution is 5.81. The number of aldehydes is 1. The van der Waals surface area contributed by atoms with E-state index in [1.54, 1.807) is 11.0 Å². The fourth-order valence-corrected chi connectivity index (χ4v) is 1.93. The largest absolute Gasteiger partial charge is 0.490 e. The molecule has 0 saturated carbocycles. The van der Waals surface area contributed by atoms with Crippen molar-refractivity contribution >= 4 is 17.9 Å². The first-order valence-corrected chi connectivity index (χ1v) is 6.99. The number of nitrogens with zero attached hydrogens (tertiary/aromatic N) is 1. The van der Waals surface area contributed by atoms with E-state index in [1.165, 1.54) is 6.07 Å². The Morgan fingerprint density at radius 2 is 1.90 bits per heavy atom. The summed E-state index contributed by atoms with van der Waals surface area (Å²) in [7, 11) is 0. The van der Waals surface area contributed by atoms with Crippen molar-refractivity contribution in [2.45, 2.75) is 20.8 Å². The van der Waals surface area contributed by atoms with E-state index in [0.717, 1.165) is 0 Å². The Hall–Kier alpha value is -2.24. The molecule has 6 heteroatoms.